The predicted molar refractivity (Wildman–Crippen MR) is 100.0 cm³/mol. The van der Waals surface area contributed by atoms with Crippen LogP contribution in [0.4, 0.5) is 4.39 Å². The van der Waals surface area contributed by atoms with Crippen molar-refractivity contribution in [2.75, 3.05) is 13.7 Å². The topological polar surface area (TPSA) is 64.3 Å². The van der Waals surface area contributed by atoms with Gasteiger partial charge in [0.1, 0.15) is 11.6 Å². The molecular weight excluding hydrogens is 343 g/mol. The number of amides is 1. The predicted octanol–water partition coefficient (Wildman–Crippen LogP) is 3.81. The van der Waals surface area contributed by atoms with Crippen LogP contribution in [0, 0.1) is 5.82 Å². The normalized spacial score (nSPS) is 11.6. The van der Waals surface area contributed by atoms with Gasteiger partial charge in [-0.2, -0.15) is 0 Å². The molecule has 0 bridgehead atoms. The average Bonchev–Trinajstić information content (AvgIpc) is 2.59. The molecule has 0 aliphatic carbocycles. The summed E-state index contributed by atoms with van der Waals surface area (Å²) in [5, 5.41) is 2.73. The lowest BCUT2D eigenvalue weighted by Crippen LogP contribution is -2.32. The largest absolute Gasteiger partial charge is 0.496 e. The maximum Gasteiger partial charge on any atom is 0.255 e. The first-order valence-corrected chi connectivity index (χ1v) is 7.89. The van der Waals surface area contributed by atoms with E-state index < -0.39 is 11.7 Å². The van der Waals surface area contributed by atoms with Gasteiger partial charge in [0.15, 0.2) is 0 Å². The second-order valence-corrected chi connectivity index (χ2v) is 5.98. The van der Waals surface area contributed by atoms with Crippen LogP contribution in [0.2, 0.25) is 0 Å². The zero-order valence-corrected chi connectivity index (χ0v) is 15.4. The number of nitrogens with one attached hydrogen (secondary N) is 1. The molecule has 0 aromatic heterocycles. The van der Waals surface area contributed by atoms with E-state index >= 15 is 0 Å². The monoisotopic (exact) mass is 366 g/mol. The minimum Gasteiger partial charge on any atom is -0.496 e. The zero-order valence-electron chi connectivity index (χ0n) is 14.6. The van der Waals surface area contributed by atoms with Gasteiger partial charge in [0, 0.05) is 12.6 Å². The molecule has 4 nitrogen and oxygen atoms in total. The summed E-state index contributed by atoms with van der Waals surface area (Å²) in [5.41, 5.74) is 8.45. The van der Waals surface area contributed by atoms with E-state index in [4.69, 9.17) is 10.5 Å². The Hall–Kier alpha value is -2.11. The molecule has 0 aliphatic heterocycles. The van der Waals surface area contributed by atoms with Crippen molar-refractivity contribution >= 4 is 18.3 Å². The molecule has 0 heterocycles. The van der Waals surface area contributed by atoms with Crippen LogP contribution >= 0.6 is 12.4 Å². The fraction of sp³-hybridized carbons (Fsp3) is 0.316. The quantitative estimate of drug-likeness (QED) is 0.817. The highest BCUT2D eigenvalue weighted by atomic mass is 35.5. The standard InChI is InChI=1S/C19H23FN2O2.ClH/c1-12(2)13-4-6-14(7-5-13)17(21)11-22-19(23)16-10-15(20)8-9-18(16)24-3;/h4-10,12,17H,11,21H2,1-3H3,(H,22,23);1H. The second kappa shape index (κ2) is 9.39. The molecule has 0 radical (unpaired) electrons. The number of hydrogen-bond acceptors (Lipinski definition) is 3. The number of ether oxygens (including phenoxy) is 1. The number of hydrogen-bond donors (Lipinski definition) is 2. The highest BCUT2D eigenvalue weighted by Crippen LogP contribution is 2.20. The Morgan fingerprint density at radius 3 is 2.32 bits per heavy atom. The molecule has 2 aromatic carbocycles. The summed E-state index contributed by atoms with van der Waals surface area (Å²) in [7, 11) is 1.44. The molecular formula is C19H24ClFN2O2. The molecule has 6 heteroatoms. The van der Waals surface area contributed by atoms with Gasteiger partial charge in [-0.05, 0) is 35.2 Å². The maximum absolute atomic E-state index is 13.4. The Kier molecular flexibility index (Phi) is 7.87. The van der Waals surface area contributed by atoms with Gasteiger partial charge in [-0.3, -0.25) is 4.79 Å². The average molecular weight is 367 g/mol. The van der Waals surface area contributed by atoms with Crippen molar-refractivity contribution in [1.82, 2.24) is 5.32 Å². The van der Waals surface area contributed by atoms with Gasteiger partial charge >= 0.3 is 0 Å². The number of carbonyl (C=O) groups is 1. The van der Waals surface area contributed by atoms with Crippen molar-refractivity contribution in [3.8, 4) is 5.75 Å². The molecule has 25 heavy (non-hydrogen) atoms. The summed E-state index contributed by atoms with van der Waals surface area (Å²) in [5.74, 6) is -0.130. The van der Waals surface area contributed by atoms with Gasteiger partial charge in [0.2, 0.25) is 0 Å². The Labute approximate surface area is 154 Å². The van der Waals surface area contributed by atoms with E-state index in [-0.39, 0.29) is 30.6 Å². The summed E-state index contributed by atoms with van der Waals surface area (Å²) in [6.45, 7) is 4.50. The highest BCUT2D eigenvalue weighted by Gasteiger charge is 2.15. The summed E-state index contributed by atoms with van der Waals surface area (Å²) in [6.07, 6.45) is 0. The fourth-order valence-electron chi connectivity index (χ4n) is 2.40. The fourth-order valence-corrected chi connectivity index (χ4v) is 2.40. The van der Waals surface area contributed by atoms with Crippen LogP contribution in [0.25, 0.3) is 0 Å². The van der Waals surface area contributed by atoms with Gasteiger partial charge in [-0.25, -0.2) is 4.39 Å². The molecule has 1 unspecified atom stereocenters. The summed E-state index contributed by atoms with van der Waals surface area (Å²) in [4.78, 5) is 12.2. The lowest BCUT2D eigenvalue weighted by Gasteiger charge is -2.15. The van der Waals surface area contributed by atoms with Gasteiger partial charge in [0.05, 0.1) is 12.7 Å². The van der Waals surface area contributed by atoms with Crippen molar-refractivity contribution in [2.45, 2.75) is 25.8 Å². The van der Waals surface area contributed by atoms with Gasteiger partial charge in [0.25, 0.3) is 5.91 Å². The van der Waals surface area contributed by atoms with E-state index in [1.807, 2.05) is 24.3 Å². The molecule has 0 saturated heterocycles. The van der Waals surface area contributed by atoms with Gasteiger partial charge in [-0.1, -0.05) is 38.1 Å². The van der Waals surface area contributed by atoms with Crippen LogP contribution in [-0.4, -0.2) is 19.6 Å². The molecule has 0 spiro atoms. The van der Waals surface area contributed by atoms with E-state index in [1.165, 1.54) is 24.8 Å². The number of benzene rings is 2. The first kappa shape index (κ1) is 20.9. The van der Waals surface area contributed by atoms with Crippen molar-refractivity contribution in [2.24, 2.45) is 5.73 Å². The van der Waals surface area contributed by atoms with E-state index in [1.54, 1.807) is 0 Å². The molecule has 2 aromatic rings. The first-order valence-electron chi connectivity index (χ1n) is 7.89. The molecule has 136 valence electrons. The first-order chi connectivity index (χ1) is 11.4. The number of carbonyl (C=O) groups excluding carboxylic acids is 1. The third kappa shape index (κ3) is 5.44. The molecule has 2 rings (SSSR count). The third-order valence-electron chi connectivity index (χ3n) is 3.92. The molecule has 0 saturated carbocycles. The lowest BCUT2D eigenvalue weighted by molar-refractivity contribution is 0.0947. The molecule has 1 atom stereocenters. The maximum atomic E-state index is 13.4. The Bertz CT molecular complexity index is 705. The highest BCUT2D eigenvalue weighted by molar-refractivity contribution is 5.96. The van der Waals surface area contributed by atoms with Crippen molar-refractivity contribution < 1.29 is 13.9 Å². The Morgan fingerprint density at radius 2 is 1.76 bits per heavy atom. The van der Waals surface area contributed by atoms with Gasteiger partial charge in [-0.15, -0.1) is 12.4 Å². The SMILES string of the molecule is COc1ccc(F)cc1C(=O)NCC(N)c1ccc(C(C)C)cc1.Cl. The van der Waals surface area contributed by atoms with Crippen LogP contribution in [0.3, 0.4) is 0 Å². The minimum atomic E-state index is -0.491. The molecule has 1 amide bonds. The number of rotatable bonds is 6. The zero-order chi connectivity index (χ0) is 17.7. The third-order valence-corrected chi connectivity index (χ3v) is 3.92. The Morgan fingerprint density at radius 1 is 1.16 bits per heavy atom. The molecule has 0 aliphatic rings. The van der Waals surface area contributed by atoms with Crippen molar-refractivity contribution in [3.05, 3.63) is 65.0 Å². The van der Waals surface area contributed by atoms with E-state index in [0.717, 1.165) is 11.6 Å². The van der Waals surface area contributed by atoms with E-state index in [9.17, 15) is 9.18 Å². The second-order valence-electron chi connectivity index (χ2n) is 5.98. The van der Waals surface area contributed by atoms with Crippen molar-refractivity contribution in [1.29, 1.82) is 0 Å². The summed E-state index contributed by atoms with van der Waals surface area (Å²) in [6, 6.07) is 11.5. The number of methoxy groups -OCH3 is 1. The van der Waals surface area contributed by atoms with Crippen LogP contribution in [0.1, 0.15) is 47.3 Å². The van der Waals surface area contributed by atoms with Crippen LogP contribution in [0.5, 0.6) is 5.75 Å². The van der Waals surface area contributed by atoms with Crippen molar-refractivity contribution in [3.63, 3.8) is 0 Å². The minimum absolute atomic E-state index is 0. The molecule has 3 N–H and O–H groups in total. The lowest BCUT2D eigenvalue weighted by atomic mass is 9.99. The number of halogens is 2. The molecule has 0 fully saturated rings. The van der Waals surface area contributed by atoms with E-state index in [2.05, 4.69) is 19.2 Å². The summed E-state index contributed by atoms with van der Waals surface area (Å²) < 4.78 is 18.4. The smallest absolute Gasteiger partial charge is 0.255 e. The van der Waals surface area contributed by atoms with Gasteiger partial charge < -0.3 is 15.8 Å². The van der Waals surface area contributed by atoms with Crippen LogP contribution < -0.4 is 15.8 Å². The van der Waals surface area contributed by atoms with Crippen LogP contribution in [0.15, 0.2) is 42.5 Å². The summed E-state index contributed by atoms with van der Waals surface area (Å²) >= 11 is 0. The number of nitrogens with two attached hydrogens (primary N) is 1. The van der Waals surface area contributed by atoms with E-state index in [0.29, 0.717) is 11.7 Å². The van der Waals surface area contributed by atoms with Crippen LogP contribution in [-0.2, 0) is 0 Å². The Balaban J connectivity index is 0.00000312.